The van der Waals surface area contributed by atoms with Crippen molar-refractivity contribution in [2.24, 2.45) is 0 Å². The van der Waals surface area contributed by atoms with Crippen molar-refractivity contribution in [3.63, 3.8) is 0 Å². The van der Waals surface area contributed by atoms with Crippen molar-refractivity contribution < 1.29 is 0 Å². The summed E-state index contributed by atoms with van der Waals surface area (Å²) >= 11 is 3.59. The van der Waals surface area contributed by atoms with E-state index in [1.807, 2.05) is 18.2 Å². The van der Waals surface area contributed by atoms with Crippen molar-refractivity contribution in [2.75, 3.05) is 5.43 Å². The van der Waals surface area contributed by atoms with Gasteiger partial charge in [-0.05, 0) is 40.2 Å². The van der Waals surface area contributed by atoms with E-state index in [-0.39, 0.29) is 0 Å². The maximum absolute atomic E-state index is 3.59. The molecule has 4 rings (SSSR count). The van der Waals surface area contributed by atoms with E-state index >= 15 is 0 Å². The van der Waals surface area contributed by atoms with Gasteiger partial charge in [0, 0.05) is 15.2 Å². The van der Waals surface area contributed by atoms with E-state index in [9.17, 15) is 0 Å². The highest BCUT2D eigenvalue weighted by atomic mass is 79.9. The summed E-state index contributed by atoms with van der Waals surface area (Å²) in [5.74, 6) is 0. The second kappa shape index (κ2) is 4.93. The number of nitrogens with zero attached hydrogens (tertiary/aromatic N) is 1. The van der Waals surface area contributed by atoms with Gasteiger partial charge < -0.3 is 0 Å². The summed E-state index contributed by atoms with van der Waals surface area (Å²) < 4.78 is 3.19. The molecule has 0 amide bonds. The molecule has 2 nitrogen and oxygen atoms in total. The van der Waals surface area contributed by atoms with Gasteiger partial charge in [0.2, 0.25) is 0 Å². The second-order valence-electron chi connectivity index (χ2n) is 4.96. The molecule has 1 N–H and O–H groups in total. The highest BCUT2D eigenvalue weighted by Crippen LogP contribution is 2.30. The molecule has 3 aromatic carbocycles. The normalized spacial score (nSPS) is 11.1. The molecule has 0 atom stereocenters. The lowest BCUT2D eigenvalue weighted by molar-refractivity contribution is 1.05. The molecule has 0 saturated carbocycles. The van der Waals surface area contributed by atoms with Gasteiger partial charge in [-0.1, -0.05) is 48.5 Å². The molecule has 1 aromatic heterocycles. The topological polar surface area (TPSA) is 17.0 Å². The number of hydrogen-bond acceptors (Lipinski definition) is 1. The number of benzene rings is 3. The molecule has 0 bridgehead atoms. The Bertz CT molecular complexity index is 887. The van der Waals surface area contributed by atoms with E-state index in [1.54, 1.807) is 0 Å². The lowest BCUT2D eigenvalue weighted by atomic mass is 10.2. The molecule has 102 valence electrons. The third kappa shape index (κ3) is 2.01. The molecule has 0 spiro atoms. The highest BCUT2D eigenvalue weighted by Gasteiger charge is 2.10. The van der Waals surface area contributed by atoms with Crippen LogP contribution in [0.2, 0.25) is 0 Å². The molecule has 0 unspecified atom stereocenters. The molecule has 0 aliphatic carbocycles. The summed E-state index contributed by atoms with van der Waals surface area (Å²) in [5, 5.41) is 2.51. The Labute approximate surface area is 131 Å². The van der Waals surface area contributed by atoms with Crippen molar-refractivity contribution in [3.05, 3.63) is 77.3 Å². The average molecular weight is 337 g/mol. The number of para-hydroxylation sites is 3. The van der Waals surface area contributed by atoms with E-state index < -0.39 is 0 Å². The lowest BCUT2D eigenvalue weighted by Crippen LogP contribution is -2.08. The standard InChI is InChI=1S/C18H13BrN2/c19-15-9-3-4-10-16(15)20-21-17-11-5-1-7-13(17)14-8-2-6-12-18(14)21/h1-12,20H. The molecule has 0 saturated heterocycles. The van der Waals surface area contributed by atoms with Crippen molar-refractivity contribution in [2.45, 2.75) is 0 Å². The first-order valence-corrected chi connectivity index (χ1v) is 7.63. The van der Waals surface area contributed by atoms with Crippen LogP contribution in [0.25, 0.3) is 21.8 Å². The Morgan fingerprint density at radius 1 is 0.667 bits per heavy atom. The predicted molar refractivity (Wildman–Crippen MR) is 92.6 cm³/mol. The van der Waals surface area contributed by atoms with Crippen LogP contribution in [-0.4, -0.2) is 4.68 Å². The molecular weight excluding hydrogens is 324 g/mol. The maximum atomic E-state index is 3.59. The van der Waals surface area contributed by atoms with Gasteiger partial charge in [0.15, 0.2) is 0 Å². The highest BCUT2D eigenvalue weighted by molar-refractivity contribution is 9.10. The fourth-order valence-corrected chi connectivity index (χ4v) is 3.09. The monoisotopic (exact) mass is 336 g/mol. The van der Waals surface area contributed by atoms with Gasteiger partial charge in [-0.25, -0.2) is 0 Å². The van der Waals surface area contributed by atoms with E-state index in [1.165, 1.54) is 21.8 Å². The summed E-state index contributed by atoms with van der Waals surface area (Å²) in [6, 6.07) is 25.0. The van der Waals surface area contributed by atoms with Crippen LogP contribution >= 0.6 is 15.9 Å². The van der Waals surface area contributed by atoms with Crippen molar-refractivity contribution in [3.8, 4) is 0 Å². The van der Waals surface area contributed by atoms with Gasteiger partial charge in [-0.3, -0.25) is 10.1 Å². The van der Waals surface area contributed by atoms with Gasteiger partial charge in [0.25, 0.3) is 0 Å². The molecule has 0 aliphatic rings. The van der Waals surface area contributed by atoms with Crippen LogP contribution in [0.1, 0.15) is 0 Å². The third-order valence-corrected chi connectivity index (χ3v) is 4.38. The number of nitrogens with one attached hydrogen (secondary N) is 1. The lowest BCUT2D eigenvalue weighted by Gasteiger charge is -2.12. The minimum atomic E-state index is 1.05. The Hall–Kier alpha value is -2.26. The molecule has 4 aromatic rings. The molecule has 0 radical (unpaired) electrons. The first-order valence-electron chi connectivity index (χ1n) is 6.84. The minimum Gasteiger partial charge on any atom is -0.293 e. The van der Waals surface area contributed by atoms with E-state index in [4.69, 9.17) is 0 Å². The summed E-state index contributed by atoms with van der Waals surface area (Å²) in [7, 11) is 0. The molecule has 0 fully saturated rings. The number of anilines is 1. The van der Waals surface area contributed by atoms with Gasteiger partial charge in [-0.2, -0.15) is 0 Å². The molecule has 1 heterocycles. The Kier molecular flexibility index (Phi) is 2.93. The van der Waals surface area contributed by atoms with E-state index in [0.29, 0.717) is 0 Å². The summed E-state index contributed by atoms with van der Waals surface area (Å²) in [5.41, 5.74) is 6.90. The first kappa shape index (κ1) is 12.5. The molecule has 3 heteroatoms. The quantitative estimate of drug-likeness (QED) is 0.516. The van der Waals surface area contributed by atoms with Crippen molar-refractivity contribution in [1.29, 1.82) is 0 Å². The van der Waals surface area contributed by atoms with Crippen LogP contribution in [0.15, 0.2) is 77.3 Å². The van der Waals surface area contributed by atoms with Crippen LogP contribution in [0, 0.1) is 0 Å². The number of aromatic nitrogens is 1. The number of hydrogen-bond donors (Lipinski definition) is 1. The van der Waals surface area contributed by atoms with Gasteiger partial charge in [0.05, 0.1) is 16.7 Å². The fraction of sp³-hybridized carbons (Fsp3) is 0. The number of fused-ring (bicyclic) bond motifs is 3. The SMILES string of the molecule is Brc1ccccc1Nn1c2ccccc2c2ccccc21. The molecular formula is C18H13BrN2. The number of rotatable bonds is 2. The fourth-order valence-electron chi connectivity index (χ4n) is 2.72. The third-order valence-electron chi connectivity index (χ3n) is 3.69. The zero-order valence-electron chi connectivity index (χ0n) is 11.3. The van der Waals surface area contributed by atoms with E-state index in [2.05, 4.69) is 80.6 Å². The first-order chi connectivity index (χ1) is 10.3. The largest absolute Gasteiger partial charge is 0.293 e. The smallest absolute Gasteiger partial charge is 0.0709 e. The maximum Gasteiger partial charge on any atom is 0.0709 e. The summed E-state index contributed by atoms with van der Waals surface area (Å²) in [6.07, 6.45) is 0. The van der Waals surface area contributed by atoms with Crippen LogP contribution < -0.4 is 5.43 Å². The average Bonchev–Trinajstić information content (AvgIpc) is 2.85. The zero-order valence-corrected chi connectivity index (χ0v) is 12.8. The number of halogens is 1. The van der Waals surface area contributed by atoms with Gasteiger partial charge in [0.1, 0.15) is 0 Å². The van der Waals surface area contributed by atoms with E-state index in [0.717, 1.165) is 10.2 Å². The molecule has 21 heavy (non-hydrogen) atoms. The van der Waals surface area contributed by atoms with Crippen LogP contribution in [0.4, 0.5) is 5.69 Å². The summed E-state index contributed by atoms with van der Waals surface area (Å²) in [4.78, 5) is 0. The van der Waals surface area contributed by atoms with Crippen LogP contribution in [0.5, 0.6) is 0 Å². The zero-order chi connectivity index (χ0) is 14.2. The molecule has 0 aliphatic heterocycles. The van der Waals surface area contributed by atoms with Gasteiger partial charge >= 0.3 is 0 Å². The van der Waals surface area contributed by atoms with Gasteiger partial charge in [-0.15, -0.1) is 0 Å². The Morgan fingerprint density at radius 3 is 1.81 bits per heavy atom. The summed E-state index contributed by atoms with van der Waals surface area (Å²) in [6.45, 7) is 0. The Balaban J connectivity index is 2.00. The predicted octanol–water partition coefficient (Wildman–Crippen LogP) is 5.43. The minimum absolute atomic E-state index is 1.05. The van der Waals surface area contributed by atoms with Crippen molar-refractivity contribution >= 4 is 43.4 Å². The van der Waals surface area contributed by atoms with Crippen LogP contribution in [-0.2, 0) is 0 Å². The Morgan fingerprint density at radius 2 is 1.19 bits per heavy atom. The second-order valence-corrected chi connectivity index (χ2v) is 5.82. The van der Waals surface area contributed by atoms with Crippen LogP contribution in [0.3, 0.4) is 0 Å². The van der Waals surface area contributed by atoms with Crippen molar-refractivity contribution in [1.82, 2.24) is 4.68 Å².